The first-order valence-electron chi connectivity index (χ1n) is 6.69. The molecular formula is C17H9Cl2N3. The Morgan fingerprint density at radius 3 is 2.55 bits per heavy atom. The van der Waals surface area contributed by atoms with E-state index in [1.807, 2.05) is 30.3 Å². The fourth-order valence-electron chi connectivity index (χ4n) is 2.56. The van der Waals surface area contributed by atoms with Crippen molar-refractivity contribution in [3.63, 3.8) is 0 Å². The summed E-state index contributed by atoms with van der Waals surface area (Å²) in [7, 11) is 0. The molecule has 0 radical (unpaired) electrons. The molecule has 3 nitrogen and oxygen atoms in total. The molecule has 0 N–H and O–H groups in total. The van der Waals surface area contributed by atoms with Crippen LogP contribution in [0.3, 0.4) is 0 Å². The normalized spacial score (nSPS) is 11.2. The van der Waals surface area contributed by atoms with E-state index in [-0.39, 0.29) is 5.28 Å². The highest BCUT2D eigenvalue weighted by Crippen LogP contribution is 2.30. The molecular weight excluding hydrogens is 317 g/mol. The van der Waals surface area contributed by atoms with Crippen LogP contribution in [0.2, 0.25) is 10.4 Å². The minimum absolute atomic E-state index is 0.132. The van der Waals surface area contributed by atoms with Crippen LogP contribution in [0.1, 0.15) is 0 Å². The van der Waals surface area contributed by atoms with Gasteiger partial charge in [-0.25, -0.2) is 9.97 Å². The number of halogens is 2. The number of pyridine rings is 1. The van der Waals surface area contributed by atoms with Crippen molar-refractivity contribution in [3.8, 4) is 11.3 Å². The highest BCUT2D eigenvalue weighted by molar-refractivity contribution is 6.35. The number of hydrogen-bond donors (Lipinski definition) is 0. The zero-order valence-corrected chi connectivity index (χ0v) is 12.8. The highest BCUT2D eigenvalue weighted by atomic mass is 35.5. The molecule has 0 aliphatic heterocycles. The molecule has 0 saturated heterocycles. The number of nitrogens with zero attached hydrogens (tertiary/aromatic N) is 3. The van der Waals surface area contributed by atoms with Gasteiger partial charge < -0.3 is 0 Å². The molecule has 4 aromatic rings. The molecule has 2 heterocycles. The van der Waals surface area contributed by atoms with E-state index in [9.17, 15) is 0 Å². The molecule has 5 heteroatoms. The molecule has 0 atom stereocenters. The summed E-state index contributed by atoms with van der Waals surface area (Å²) in [5.41, 5.74) is 2.56. The van der Waals surface area contributed by atoms with Crippen LogP contribution in [0.5, 0.6) is 0 Å². The summed E-state index contributed by atoms with van der Waals surface area (Å²) < 4.78 is 0. The van der Waals surface area contributed by atoms with E-state index in [1.165, 1.54) is 5.39 Å². The van der Waals surface area contributed by atoms with Crippen LogP contribution in [0.15, 0.2) is 54.7 Å². The van der Waals surface area contributed by atoms with Crippen molar-refractivity contribution in [2.75, 3.05) is 0 Å². The lowest BCUT2D eigenvalue weighted by Gasteiger charge is -2.07. The van der Waals surface area contributed by atoms with Crippen LogP contribution in [-0.2, 0) is 0 Å². The SMILES string of the molecule is Clc1nc(Cl)c2cnc(-c3cccc4ccccc34)cc2n1. The lowest BCUT2D eigenvalue weighted by molar-refractivity contribution is 1.21. The average Bonchev–Trinajstić information content (AvgIpc) is 2.53. The van der Waals surface area contributed by atoms with Crippen molar-refractivity contribution >= 4 is 44.9 Å². The maximum Gasteiger partial charge on any atom is 0.224 e. The van der Waals surface area contributed by atoms with Crippen molar-refractivity contribution in [1.29, 1.82) is 0 Å². The largest absolute Gasteiger partial charge is 0.255 e. The molecule has 22 heavy (non-hydrogen) atoms. The maximum absolute atomic E-state index is 6.08. The summed E-state index contributed by atoms with van der Waals surface area (Å²) in [4.78, 5) is 12.7. The number of aromatic nitrogens is 3. The Kier molecular flexibility index (Phi) is 3.17. The van der Waals surface area contributed by atoms with Gasteiger partial charge in [0.15, 0.2) is 0 Å². The lowest BCUT2D eigenvalue weighted by atomic mass is 10.0. The molecule has 0 bridgehead atoms. The number of rotatable bonds is 1. The topological polar surface area (TPSA) is 38.7 Å². The highest BCUT2D eigenvalue weighted by Gasteiger charge is 2.09. The first-order chi connectivity index (χ1) is 10.7. The molecule has 0 aliphatic rings. The second kappa shape index (κ2) is 5.20. The molecule has 0 aliphatic carbocycles. The molecule has 0 spiro atoms. The van der Waals surface area contributed by atoms with Gasteiger partial charge in [-0.05, 0) is 28.4 Å². The Labute approximate surface area is 136 Å². The lowest BCUT2D eigenvalue weighted by Crippen LogP contribution is -1.91. The van der Waals surface area contributed by atoms with E-state index in [0.717, 1.165) is 16.6 Å². The van der Waals surface area contributed by atoms with Crippen molar-refractivity contribution in [3.05, 3.63) is 65.2 Å². The molecule has 2 aromatic heterocycles. The van der Waals surface area contributed by atoms with E-state index < -0.39 is 0 Å². The van der Waals surface area contributed by atoms with Crippen LogP contribution in [0, 0.1) is 0 Å². The van der Waals surface area contributed by atoms with E-state index in [2.05, 4.69) is 33.2 Å². The zero-order valence-electron chi connectivity index (χ0n) is 11.3. The smallest absolute Gasteiger partial charge is 0.224 e. The van der Waals surface area contributed by atoms with Crippen molar-refractivity contribution in [2.24, 2.45) is 0 Å². The Hall–Kier alpha value is -2.23. The van der Waals surface area contributed by atoms with Gasteiger partial charge in [0, 0.05) is 11.8 Å². The third-order valence-electron chi connectivity index (χ3n) is 3.57. The van der Waals surface area contributed by atoms with Crippen LogP contribution < -0.4 is 0 Å². The predicted octanol–water partition coefficient (Wildman–Crippen LogP) is 5.15. The third-order valence-corrected chi connectivity index (χ3v) is 4.03. The quantitative estimate of drug-likeness (QED) is 0.358. The first kappa shape index (κ1) is 13.4. The van der Waals surface area contributed by atoms with E-state index in [1.54, 1.807) is 6.20 Å². The predicted molar refractivity (Wildman–Crippen MR) is 90.3 cm³/mol. The van der Waals surface area contributed by atoms with Crippen LogP contribution in [0.4, 0.5) is 0 Å². The van der Waals surface area contributed by atoms with E-state index in [4.69, 9.17) is 23.2 Å². The van der Waals surface area contributed by atoms with Gasteiger partial charge >= 0.3 is 0 Å². The third kappa shape index (κ3) is 2.19. The molecule has 0 saturated carbocycles. The van der Waals surface area contributed by atoms with Crippen molar-refractivity contribution in [1.82, 2.24) is 15.0 Å². The zero-order chi connectivity index (χ0) is 15.1. The maximum atomic E-state index is 6.08. The van der Waals surface area contributed by atoms with Gasteiger partial charge in [0.1, 0.15) is 5.15 Å². The minimum atomic E-state index is 0.132. The minimum Gasteiger partial charge on any atom is -0.255 e. The Balaban J connectivity index is 2.01. The molecule has 4 rings (SSSR count). The molecule has 0 fully saturated rings. The van der Waals surface area contributed by atoms with Gasteiger partial charge in [0.05, 0.1) is 16.6 Å². The summed E-state index contributed by atoms with van der Waals surface area (Å²) in [6.45, 7) is 0. The van der Waals surface area contributed by atoms with Gasteiger partial charge in [-0.15, -0.1) is 0 Å². The summed E-state index contributed by atoms with van der Waals surface area (Å²) in [6, 6.07) is 16.2. The first-order valence-corrected chi connectivity index (χ1v) is 7.45. The number of fused-ring (bicyclic) bond motifs is 2. The van der Waals surface area contributed by atoms with Gasteiger partial charge in [0.25, 0.3) is 0 Å². The van der Waals surface area contributed by atoms with Crippen molar-refractivity contribution < 1.29 is 0 Å². The van der Waals surface area contributed by atoms with Crippen molar-refractivity contribution in [2.45, 2.75) is 0 Å². The Morgan fingerprint density at radius 2 is 1.64 bits per heavy atom. The molecule has 0 amide bonds. The Morgan fingerprint density at radius 1 is 0.818 bits per heavy atom. The fraction of sp³-hybridized carbons (Fsp3) is 0. The fourth-order valence-corrected chi connectivity index (χ4v) is 3.00. The summed E-state index contributed by atoms with van der Waals surface area (Å²) in [5, 5.41) is 3.44. The average molecular weight is 326 g/mol. The summed E-state index contributed by atoms with van der Waals surface area (Å²) >= 11 is 12.0. The second-order valence-corrected chi connectivity index (χ2v) is 5.59. The summed E-state index contributed by atoms with van der Waals surface area (Å²) in [6.07, 6.45) is 1.69. The monoisotopic (exact) mass is 325 g/mol. The summed E-state index contributed by atoms with van der Waals surface area (Å²) in [5.74, 6) is 0. The van der Waals surface area contributed by atoms with Crippen LogP contribution in [0.25, 0.3) is 32.9 Å². The molecule has 2 aromatic carbocycles. The van der Waals surface area contributed by atoms with Gasteiger partial charge in [-0.1, -0.05) is 54.1 Å². The standard InChI is InChI=1S/C17H9Cl2N3/c18-16-13-9-20-14(8-15(13)21-17(19)22-16)12-7-3-5-10-4-1-2-6-11(10)12/h1-9H. The van der Waals surface area contributed by atoms with Crippen LogP contribution >= 0.6 is 23.2 Å². The molecule has 106 valence electrons. The van der Waals surface area contributed by atoms with E-state index >= 15 is 0 Å². The molecule has 0 unspecified atom stereocenters. The number of benzene rings is 2. The van der Waals surface area contributed by atoms with Crippen LogP contribution in [-0.4, -0.2) is 15.0 Å². The Bertz CT molecular complexity index is 1010. The van der Waals surface area contributed by atoms with Gasteiger partial charge in [-0.2, -0.15) is 0 Å². The van der Waals surface area contributed by atoms with Gasteiger partial charge in [-0.3, -0.25) is 4.98 Å². The van der Waals surface area contributed by atoms with Gasteiger partial charge in [0.2, 0.25) is 5.28 Å². The second-order valence-electron chi connectivity index (χ2n) is 4.90. The number of hydrogen-bond acceptors (Lipinski definition) is 3. The van der Waals surface area contributed by atoms with E-state index in [0.29, 0.717) is 16.1 Å².